The first kappa shape index (κ1) is 39.1. The second-order valence-corrected chi connectivity index (χ2v) is 14.4. The highest BCUT2D eigenvalue weighted by molar-refractivity contribution is 6.06. The highest BCUT2D eigenvalue weighted by Crippen LogP contribution is 2.46. The van der Waals surface area contributed by atoms with E-state index in [4.69, 9.17) is 4.74 Å². The lowest BCUT2D eigenvalue weighted by Crippen LogP contribution is -2.51. The van der Waals surface area contributed by atoms with E-state index in [0.29, 0.717) is 47.7 Å². The minimum absolute atomic E-state index is 0.0688. The van der Waals surface area contributed by atoms with Crippen LogP contribution in [0.25, 0.3) is 0 Å². The third-order valence-electron chi connectivity index (χ3n) is 10.7. The van der Waals surface area contributed by atoms with Crippen LogP contribution in [0.15, 0.2) is 42.5 Å². The molecule has 3 aliphatic rings. The SMILES string of the molecule is C[C@H](N(Cc1ccc(F)cc1)C(=O)CN1C(=O)O[C@@]2(CCc3cc(NCCCNC(=O)CCCCCC4CCCCCC4)ccc32)C1=O)C(F)(F)F. The Bertz CT molecular complexity index is 1560. The first-order valence-electron chi connectivity index (χ1n) is 18.7. The molecule has 1 saturated heterocycles. The Morgan fingerprint density at radius 2 is 1.71 bits per heavy atom. The molecule has 52 heavy (non-hydrogen) atoms. The molecule has 2 fully saturated rings. The molecule has 2 aliphatic carbocycles. The van der Waals surface area contributed by atoms with E-state index in [2.05, 4.69) is 10.6 Å². The normalized spacial score (nSPS) is 19.7. The van der Waals surface area contributed by atoms with E-state index in [1.165, 1.54) is 63.5 Å². The average molecular weight is 731 g/mol. The van der Waals surface area contributed by atoms with Gasteiger partial charge >= 0.3 is 12.3 Å². The Hall–Kier alpha value is -4.16. The number of aryl methyl sites for hydroxylation is 1. The fraction of sp³-hybridized carbons (Fsp3) is 0.590. The second kappa shape index (κ2) is 17.6. The van der Waals surface area contributed by atoms with Gasteiger partial charge in [-0.15, -0.1) is 0 Å². The van der Waals surface area contributed by atoms with Crippen LogP contribution in [-0.2, 0) is 37.7 Å². The van der Waals surface area contributed by atoms with Gasteiger partial charge in [0.05, 0.1) is 0 Å². The molecule has 1 spiro atoms. The third kappa shape index (κ3) is 9.83. The average Bonchev–Trinajstić information content (AvgIpc) is 3.42. The van der Waals surface area contributed by atoms with Gasteiger partial charge in [-0.2, -0.15) is 13.2 Å². The Morgan fingerprint density at radius 1 is 0.981 bits per heavy atom. The van der Waals surface area contributed by atoms with Crippen LogP contribution < -0.4 is 10.6 Å². The Kier molecular flexibility index (Phi) is 13.2. The molecule has 284 valence electrons. The summed E-state index contributed by atoms with van der Waals surface area (Å²) in [6, 6.07) is 7.74. The molecule has 0 unspecified atom stereocenters. The summed E-state index contributed by atoms with van der Waals surface area (Å²) in [6.45, 7) is 0.508. The monoisotopic (exact) mass is 730 g/mol. The smallest absolute Gasteiger partial charge is 0.418 e. The number of nitrogens with zero attached hydrogens (tertiary/aromatic N) is 2. The van der Waals surface area contributed by atoms with Gasteiger partial charge in [0, 0.05) is 43.7 Å². The number of unbranched alkanes of at least 4 members (excludes halogenated alkanes) is 2. The maximum Gasteiger partial charge on any atom is 0.418 e. The predicted molar refractivity (Wildman–Crippen MR) is 187 cm³/mol. The van der Waals surface area contributed by atoms with Crippen molar-refractivity contribution >= 4 is 29.5 Å². The summed E-state index contributed by atoms with van der Waals surface area (Å²) < 4.78 is 60.2. The lowest BCUT2D eigenvalue weighted by atomic mass is 9.93. The number of fused-ring (bicyclic) bond motifs is 2. The number of hydrogen-bond acceptors (Lipinski definition) is 6. The molecular weight excluding hydrogens is 680 g/mol. The van der Waals surface area contributed by atoms with E-state index in [0.717, 1.165) is 49.1 Å². The van der Waals surface area contributed by atoms with Crippen LogP contribution in [-0.4, -0.2) is 65.5 Å². The van der Waals surface area contributed by atoms with Crippen LogP contribution in [0.4, 0.5) is 28.0 Å². The number of hydrogen-bond donors (Lipinski definition) is 2. The van der Waals surface area contributed by atoms with Crippen LogP contribution in [0, 0.1) is 11.7 Å². The summed E-state index contributed by atoms with van der Waals surface area (Å²) in [5.41, 5.74) is 0.617. The molecule has 9 nitrogen and oxygen atoms in total. The number of amides is 4. The molecule has 1 aliphatic heterocycles. The van der Waals surface area contributed by atoms with E-state index in [-0.39, 0.29) is 17.9 Å². The molecule has 4 amide bonds. The number of halogens is 4. The molecule has 2 atom stereocenters. The van der Waals surface area contributed by atoms with Crippen molar-refractivity contribution in [3.63, 3.8) is 0 Å². The van der Waals surface area contributed by atoms with Gasteiger partial charge in [0.25, 0.3) is 5.91 Å². The number of alkyl halides is 3. The molecule has 2 N–H and O–H groups in total. The van der Waals surface area contributed by atoms with Crippen molar-refractivity contribution in [2.75, 3.05) is 25.0 Å². The van der Waals surface area contributed by atoms with Gasteiger partial charge < -0.3 is 20.3 Å². The summed E-state index contributed by atoms with van der Waals surface area (Å²) in [7, 11) is 0. The van der Waals surface area contributed by atoms with Gasteiger partial charge in [-0.1, -0.05) is 76.0 Å². The van der Waals surface area contributed by atoms with Crippen molar-refractivity contribution < 1.29 is 41.5 Å². The van der Waals surface area contributed by atoms with Crippen molar-refractivity contribution in [2.45, 2.75) is 121 Å². The van der Waals surface area contributed by atoms with Crippen molar-refractivity contribution in [3.05, 3.63) is 65.0 Å². The van der Waals surface area contributed by atoms with Crippen LogP contribution in [0.5, 0.6) is 0 Å². The van der Waals surface area contributed by atoms with E-state index >= 15 is 0 Å². The minimum Gasteiger partial charge on any atom is -0.427 e. The fourth-order valence-electron chi connectivity index (χ4n) is 7.58. The third-order valence-corrected chi connectivity index (χ3v) is 10.7. The van der Waals surface area contributed by atoms with E-state index < -0.39 is 54.6 Å². The Labute approximate surface area is 302 Å². The number of carbonyl (C=O) groups is 4. The number of benzene rings is 2. The highest BCUT2D eigenvalue weighted by atomic mass is 19.4. The molecule has 2 aromatic rings. The lowest BCUT2D eigenvalue weighted by Gasteiger charge is -2.31. The van der Waals surface area contributed by atoms with Crippen LogP contribution >= 0.6 is 0 Å². The van der Waals surface area contributed by atoms with E-state index in [9.17, 15) is 36.7 Å². The summed E-state index contributed by atoms with van der Waals surface area (Å²) in [6.07, 6.45) is 8.56. The quantitative estimate of drug-likeness (QED) is 0.104. The van der Waals surface area contributed by atoms with Crippen LogP contribution in [0.3, 0.4) is 0 Å². The standard InChI is InChI=1S/C39H50F4N4O5/c1-27(39(41,42)43)46(25-29-14-16-31(40)17-15-29)35(49)26-47-36(50)38(52-37(47)51)21-20-30-24-32(18-19-33(30)38)44-22-9-23-45-34(48)13-8-4-7-12-28-10-5-2-3-6-11-28/h14-19,24,27-28,44H,2-13,20-23,25-26H2,1H3,(H,45,48)/t27-,38+/m0/s1. The maximum atomic E-state index is 13.7. The first-order chi connectivity index (χ1) is 24.9. The molecule has 5 rings (SSSR count). The largest absolute Gasteiger partial charge is 0.427 e. The van der Waals surface area contributed by atoms with Gasteiger partial charge in [0.15, 0.2) is 0 Å². The van der Waals surface area contributed by atoms with Crippen molar-refractivity contribution in [3.8, 4) is 0 Å². The maximum absolute atomic E-state index is 13.7. The summed E-state index contributed by atoms with van der Waals surface area (Å²) in [4.78, 5) is 53.3. The molecule has 1 heterocycles. The topological polar surface area (TPSA) is 108 Å². The van der Waals surface area contributed by atoms with Gasteiger partial charge in [-0.25, -0.2) is 14.1 Å². The minimum atomic E-state index is -4.79. The Morgan fingerprint density at radius 3 is 2.42 bits per heavy atom. The molecule has 0 radical (unpaired) electrons. The zero-order chi connectivity index (χ0) is 37.3. The number of ether oxygens (including phenoxy) is 1. The second-order valence-electron chi connectivity index (χ2n) is 14.4. The Balaban J connectivity index is 1.08. The molecule has 13 heteroatoms. The molecule has 0 aromatic heterocycles. The number of rotatable bonds is 16. The van der Waals surface area contributed by atoms with Crippen molar-refractivity contribution in [2.24, 2.45) is 5.92 Å². The van der Waals surface area contributed by atoms with E-state index in [1.54, 1.807) is 12.1 Å². The van der Waals surface area contributed by atoms with Gasteiger partial charge in [-0.3, -0.25) is 14.4 Å². The van der Waals surface area contributed by atoms with Crippen molar-refractivity contribution in [1.82, 2.24) is 15.1 Å². The zero-order valence-corrected chi connectivity index (χ0v) is 29.9. The zero-order valence-electron chi connectivity index (χ0n) is 29.9. The molecular formula is C39H50F4N4O5. The number of nitrogens with one attached hydrogen (secondary N) is 2. The number of imide groups is 1. The highest BCUT2D eigenvalue weighted by Gasteiger charge is 2.58. The fourth-order valence-corrected chi connectivity index (χ4v) is 7.58. The number of carbonyl (C=O) groups excluding carboxylic acids is 4. The summed E-state index contributed by atoms with van der Waals surface area (Å²) in [5, 5.41) is 6.31. The molecule has 1 saturated carbocycles. The molecule has 0 bridgehead atoms. The van der Waals surface area contributed by atoms with Crippen LogP contribution in [0.2, 0.25) is 0 Å². The molecule has 2 aromatic carbocycles. The summed E-state index contributed by atoms with van der Waals surface area (Å²) in [5.74, 6) is -1.56. The summed E-state index contributed by atoms with van der Waals surface area (Å²) >= 11 is 0. The van der Waals surface area contributed by atoms with Gasteiger partial charge in [0.2, 0.25) is 17.4 Å². The van der Waals surface area contributed by atoms with Crippen molar-refractivity contribution in [1.29, 1.82) is 0 Å². The first-order valence-corrected chi connectivity index (χ1v) is 18.7. The van der Waals surface area contributed by atoms with Gasteiger partial charge in [0.1, 0.15) is 18.4 Å². The van der Waals surface area contributed by atoms with Gasteiger partial charge in [-0.05, 0) is 67.5 Å². The lowest BCUT2D eigenvalue weighted by molar-refractivity contribution is -0.187. The van der Waals surface area contributed by atoms with Crippen LogP contribution in [0.1, 0.15) is 107 Å². The predicted octanol–water partition coefficient (Wildman–Crippen LogP) is 7.76. The van der Waals surface area contributed by atoms with E-state index in [1.807, 2.05) is 6.07 Å². The number of anilines is 1.